The average Bonchev–Trinajstić information content (AvgIpc) is 3.03. The van der Waals surface area contributed by atoms with E-state index in [0.717, 1.165) is 25.1 Å². The van der Waals surface area contributed by atoms with Crippen LogP contribution in [0.2, 0.25) is 0 Å². The van der Waals surface area contributed by atoms with Gasteiger partial charge in [0, 0.05) is 25.4 Å². The molecule has 0 spiro atoms. The van der Waals surface area contributed by atoms with E-state index in [1.807, 2.05) is 0 Å². The molecule has 4 rings (SSSR count). The molecule has 0 aliphatic carbocycles. The largest absolute Gasteiger partial charge is 0.490 e. The number of hydrogen-bond donors (Lipinski definition) is 1. The number of rotatable bonds is 2. The lowest BCUT2D eigenvalue weighted by molar-refractivity contribution is 0.204. The fraction of sp³-hybridized carbons (Fsp3) is 0.333. The molecule has 2 aromatic rings. The molecule has 102 valence electrons. The quantitative estimate of drug-likeness (QED) is 0.897. The SMILES string of the molecule is Cc1ccc2c(c1)CC(CC1NCc3ccccc31)O2. The lowest BCUT2D eigenvalue weighted by Gasteiger charge is -2.17. The molecular weight excluding hydrogens is 246 g/mol. The van der Waals surface area contributed by atoms with Crippen LogP contribution < -0.4 is 10.1 Å². The minimum absolute atomic E-state index is 0.301. The first kappa shape index (κ1) is 12.0. The third-order valence-corrected chi connectivity index (χ3v) is 4.43. The van der Waals surface area contributed by atoms with Gasteiger partial charge in [-0.15, -0.1) is 0 Å². The van der Waals surface area contributed by atoms with Gasteiger partial charge in [0.1, 0.15) is 11.9 Å². The second kappa shape index (κ2) is 4.64. The van der Waals surface area contributed by atoms with Crippen LogP contribution in [0.3, 0.4) is 0 Å². The van der Waals surface area contributed by atoms with E-state index in [-0.39, 0.29) is 0 Å². The van der Waals surface area contributed by atoms with Gasteiger partial charge < -0.3 is 10.1 Å². The molecule has 2 heterocycles. The first-order valence-corrected chi connectivity index (χ1v) is 7.37. The van der Waals surface area contributed by atoms with E-state index in [9.17, 15) is 0 Å². The molecule has 2 heteroatoms. The summed E-state index contributed by atoms with van der Waals surface area (Å²) >= 11 is 0. The topological polar surface area (TPSA) is 21.3 Å². The Kier molecular flexibility index (Phi) is 2.78. The first-order chi connectivity index (χ1) is 9.79. The summed E-state index contributed by atoms with van der Waals surface area (Å²) in [6, 6.07) is 15.6. The number of nitrogens with one attached hydrogen (secondary N) is 1. The summed E-state index contributed by atoms with van der Waals surface area (Å²) < 4.78 is 6.10. The fourth-order valence-corrected chi connectivity index (χ4v) is 3.43. The van der Waals surface area contributed by atoms with E-state index >= 15 is 0 Å². The van der Waals surface area contributed by atoms with Crippen LogP contribution >= 0.6 is 0 Å². The highest BCUT2D eigenvalue weighted by molar-refractivity contribution is 5.41. The third kappa shape index (κ3) is 2.01. The Morgan fingerprint density at radius 2 is 2.05 bits per heavy atom. The second-order valence-electron chi connectivity index (χ2n) is 5.92. The monoisotopic (exact) mass is 265 g/mol. The van der Waals surface area contributed by atoms with Crippen LogP contribution in [0.15, 0.2) is 42.5 Å². The molecule has 2 unspecified atom stereocenters. The number of benzene rings is 2. The predicted molar refractivity (Wildman–Crippen MR) is 79.9 cm³/mol. The summed E-state index contributed by atoms with van der Waals surface area (Å²) in [6.07, 6.45) is 2.39. The number of aryl methyl sites for hydroxylation is 1. The van der Waals surface area contributed by atoms with Gasteiger partial charge in [0.2, 0.25) is 0 Å². The van der Waals surface area contributed by atoms with Crippen molar-refractivity contribution in [2.45, 2.75) is 38.5 Å². The summed E-state index contributed by atoms with van der Waals surface area (Å²) in [5, 5.41) is 3.61. The molecule has 0 fully saturated rings. The van der Waals surface area contributed by atoms with E-state index in [4.69, 9.17) is 4.74 Å². The Hall–Kier alpha value is -1.80. The molecule has 20 heavy (non-hydrogen) atoms. The standard InChI is InChI=1S/C18H19NO/c1-12-6-7-18-14(8-12)9-15(20-18)10-17-16-5-3-2-4-13(16)11-19-17/h2-8,15,17,19H,9-11H2,1H3. The van der Waals surface area contributed by atoms with Crippen molar-refractivity contribution in [1.29, 1.82) is 0 Å². The lowest BCUT2D eigenvalue weighted by Crippen LogP contribution is -2.22. The molecule has 0 amide bonds. The van der Waals surface area contributed by atoms with E-state index in [1.54, 1.807) is 0 Å². The van der Waals surface area contributed by atoms with Gasteiger partial charge in [0.05, 0.1) is 0 Å². The zero-order valence-corrected chi connectivity index (χ0v) is 11.7. The van der Waals surface area contributed by atoms with Crippen molar-refractivity contribution in [3.8, 4) is 5.75 Å². The van der Waals surface area contributed by atoms with Gasteiger partial charge in [0.25, 0.3) is 0 Å². The maximum absolute atomic E-state index is 6.10. The number of hydrogen-bond acceptors (Lipinski definition) is 2. The molecule has 1 N–H and O–H groups in total. The second-order valence-corrected chi connectivity index (χ2v) is 5.92. The van der Waals surface area contributed by atoms with Crippen LogP contribution in [0.1, 0.15) is 34.7 Å². The van der Waals surface area contributed by atoms with E-state index in [2.05, 4.69) is 54.7 Å². The first-order valence-electron chi connectivity index (χ1n) is 7.37. The van der Waals surface area contributed by atoms with Crippen LogP contribution in [0, 0.1) is 6.92 Å². The van der Waals surface area contributed by atoms with Crippen molar-refractivity contribution in [3.05, 3.63) is 64.7 Å². The molecule has 2 aromatic carbocycles. The summed E-state index contributed by atoms with van der Waals surface area (Å²) in [5.74, 6) is 1.08. The van der Waals surface area contributed by atoms with Crippen LogP contribution in [-0.2, 0) is 13.0 Å². The van der Waals surface area contributed by atoms with Gasteiger partial charge in [-0.2, -0.15) is 0 Å². The predicted octanol–water partition coefficient (Wildman–Crippen LogP) is 3.53. The van der Waals surface area contributed by atoms with Crippen molar-refractivity contribution in [2.24, 2.45) is 0 Å². The molecule has 2 nitrogen and oxygen atoms in total. The molecule has 0 radical (unpaired) electrons. The maximum atomic E-state index is 6.10. The van der Waals surface area contributed by atoms with Crippen LogP contribution in [0.4, 0.5) is 0 Å². The maximum Gasteiger partial charge on any atom is 0.123 e. The Morgan fingerprint density at radius 1 is 1.15 bits per heavy atom. The van der Waals surface area contributed by atoms with Crippen LogP contribution in [0.5, 0.6) is 5.75 Å². The molecule has 2 aliphatic heterocycles. The Balaban J connectivity index is 1.50. The van der Waals surface area contributed by atoms with E-state index < -0.39 is 0 Å². The highest BCUT2D eigenvalue weighted by atomic mass is 16.5. The fourth-order valence-electron chi connectivity index (χ4n) is 3.43. The smallest absolute Gasteiger partial charge is 0.123 e. The van der Waals surface area contributed by atoms with E-state index in [1.165, 1.54) is 22.3 Å². The normalized spacial score (nSPS) is 23.2. The van der Waals surface area contributed by atoms with Gasteiger partial charge in [-0.1, -0.05) is 42.0 Å². The molecule has 2 aliphatic rings. The average molecular weight is 265 g/mol. The van der Waals surface area contributed by atoms with Crippen molar-refractivity contribution in [3.63, 3.8) is 0 Å². The summed E-state index contributed by atoms with van der Waals surface area (Å²) in [5.41, 5.74) is 5.56. The van der Waals surface area contributed by atoms with Gasteiger partial charge in [-0.25, -0.2) is 0 Å². The highest BCUT2D eigenvalue weighted by Gasteiger charge is 2.29. The lowest BCUT2D eigenvalue weighted by atomic mass is 9.98. The Morgan fingerprint density at radius 3 is 3.00 bits per heavy atom. The molecule has 0 aromatic heterocycles. The van der Waals surface area contributed by atoms with Gasteiger partial charge in [-0.3, -0.25) is 0 Å². The van der Waals surface area contributed by atoms with Crippen LogP contribution in [-0.4, -0.2) is 6.10 Å². The Labute approximate surface area is 119 Å². The summed E-state index contributed by atoms with van der Waals surface area (Å²) in [4.78, 5) is 0. The highest BCUT2D eigenvalue weighted by Crippen LogP contribution is 2.35. The van der Waals surface area contributed by atoms with E-state index in [0.29, 0.717) is 12.1 Å². The zero-order chi connectivity index (χ0) is 13.5. The van der Waals surface area contributed by atoms with Crippen molar-refractivity contribution in [2.75, 3.05) is 0 Å². The van der Waals surface area contributed by atoms with Gasteiger partial charge in [-0.05, 0) is 29.7 Å². The molecule has 2 atom stereocenters. The van der Waals surface area contributed by atoms with Crippen LogP contribution in [0.25, 0.3) is 0 Å². The molecule has 0 saturated heterocycles. The Bertz CT molecular complexity index is 650. The minimum Gasteiger partial charge on any atom is -0.490 e. The molecule has 0 bridgehead atoms. The third-order valence-electron chi connectivity index (χ3n) is 4.43. The van der Waals surface area contributed by atoms with Crippen molar-refractivity contribution >= 4 is 0 Å². The summed E-state index contributed by atoms with van der Waals surface area (Å²) in [7, 11) is 0. The summed E-state index contributed by atoms with van der Waals surface area (Å²) in [6.45, 7) is 3.13. The zero-order valence-electron chi connectivity index (χ0n) is 11.7. The van der Waals surface area contributed by atoms with Crippen molar-refractivity contribution < 1.29 is 4.74 Å². The number of ether oxygens (including phenoxy) is 1. The van der Waals surface area contributed by atoms with Crippen molar-refractivity contribution in [1.82, 2.24) is 5.32 Å². The number of fused-ring (bicyclic) bond motifs is 2. The molecule has 0 saturated carbocycles. The molecular formula is C18H19NO. The van der Waals surface area contributed by atoms with Gasteiger partial charge >= 0.3 is 0 Å². The minimum atomic E-state index is 0.301. The van der Waals surface area contributed by atoms with Gasteiger partial charge in [0.15, 0.2) is 0 Å².